The molecule has 0 aromatic heterocycles. The summed E-state index contributed by atoms with van der Waals surface area (Å²) in [6.45, 7) is 4.28. The quantitative estimate of drug-likeness (QED) is 0.0195. The molecule has 0 aliphatic heterocycles. The van der Waals surface area contributed by atoms with Gasteiger partial charge in [0.15, 0.2) is 6.10 Å². The van der Waals surface area contributed by atoms with Crippen LogP contribution in [0.2, 0.25) is 0 Å². The van der Waals surface area contributed by atoms with Gasteiger partial charge in [0, 0.05) is 12.8 Å². The molecule has 9 nitrogen and oxygen atoms in total. The molecule has 2 unspecified atom stereocenters. The van der Waals surface area contributed by atoms with Gasteiger partial charge in [-0.15, -0.1) is 0 Å². The summed E-state index contributed by atoms with van der Waals surface area (Å²) in [5.74, 6) is -0.814. The Balaban J connectivity index is 3.91. The average molecular weight is 1310 g/mol. The van der Waals surface area contributed by atoms with Crippen LogP contribution in [0.25, 0.3) is 0 Å². The molecular weight excluding hydrogens is 1160 g/mol. The van der Waals surface area contributed by atoms with Gasteiger partial charge in [0.1, 0.15) is 19.8 Å². The summed E-state index contributed by atoms with van der Waals surface area (Å²) in [6, 6.07) is 0. The molecule has 540 valence electrons. The second kappa shape index (κ2) is 73.0. The van der Waals surface area contributed by atoms with E-state index in [0.29, 0.717) is 17.4 Å². The third kappa shape index (κ3) is 76.7. The SMILES string of the molecule is CCCCCCC/C=C\C/C=C\C/C=C\CCCCCCCCCCCCCCCCC(=O)OC(COC(=O)CCCCCCCCCCCCCCCCCCCCCCCCCCCCC/C=C\C/C=C\CCCCCCC)COP(=O)([O-])OCC[N+](C)(C)C. The van der Waals surface area contributed by atoms with Crippen molar-refractivity contribution in [3.63, 3.8) is 0 Å². The zero-order valence-corrected chi connectivity index (χ0v) is 62.7. The highest BCUT2D eigenvalue weighted by Crippen LogP contribution is 2.38. The van der Waals surface area contributed by atoms with E-state index in [1.165, 1.54) is 308 Å². The molecule has 0 heterocycles. The van der Waals surface area contributed by atoms with Crippen LogP contribution >= 0.6 is 7.82 Å². The van der Waals surface area contributed by atoms with Crippen LogP contribution in [0.5, 0.6) is 0 Å². The minimum absolute atomic E-state index is 0.0296. The maximum absolute atomic E-state index is 12.9. The fourth-order valence-corrected chi connectivity index (χ4v) is 12.6. The van der Waals surface area contributed by atoms with E-state index >= 15 is 0 Å². The number of hydrogen-bond donors (Lipinski definition) is 0. The van der Waals surface area contributed by atoms with Crippen molar-refractivity contribution < 1.29 is 42.1 Å². The van der Waals surface area contributed by atoms with Crippen molar-refractivity contribution in [1.82, 2.24) is 0 Å². The van der Waals surface area contributed by atoms with E-state index in [2.05, 4.69) is 74.6 Å². The van der Waals surface area contributed by atoms with Crippen molar-refractivity contribution in [2.45, 2.75) is 405 Å². The third-order valence-electron chi connectivity index (χ3n) is 18.0. The van der Waals surface area contributed by atoms with E-state index in [0.717, 1.165) is 57.8 Å². The maximum atomic E-state index is 12.9. The van der Waals surface area contributed by atoms with Gasteiger partial charge in [-0.2, -0.15) is 0 Å². The van der Waals surface area contributed by atoms with Crippen LogP contribution in [0.15, 0.2) is 60.8 Å². The number of phosphoric ester groups is 1. The van der Waals surface area contributed by atoms with Crippen molar-refractivity contribution in [2.24, 2.45) is 0 Å². The number of carbonyl (C=O) groups excluding carboxylic acids is 2. The number of allylic oxidation sites excluding steroid dienone is 10. The molecule has 0 amide bonds. The van der Waals surface area contributed by atoms with E-state index in [-0.39, 0.29) is 32.0 Å². The average Bonchev–Trinajstić information content (AvgIpc) is 2.14. The summed E-state index contributed by atoms with van der Waals surface area (Å²) in [4.78, 5) is 38.2. The lowest BCUT2D eigenvalue weighted by molar-refractivity contribution is -0.870. The maximum Gasteiger partial charge on any atom is 0.306 e. The Bertz CT molecular complexity index is 1740. The van der Waals surface area contributed by atoms with Crippen LogP contribution in [0, 0.1) is 0 Å². The predicted octanol–water partition coefficient (Wildman–Crippen LogP) is 25.9. The Kier molecular flexibility index (Phi) is 71.2. The second-order valence-corrected chi connectivity index (χ2v) is 29.8. The number of phosphoric acid groups is 1. The zero-order chi connectivity index (χ0) is 66.9. The van der Waals surface area contributed by atoms with Crippen molar-refractivity contribution in [1.29, 1.82) is 0 Å². The van der Waals surface area contributed by atoms with Crippen molar-refractivity contribution in [3.05, 3.63) is 60.8 Å². The van der Waals surface area contributed by atoms with Crippen LogP contribution in [0.3, 0.4) is 0 Å². The topological polar surface area (TPSA) is 111 Å². The number of rotatable bonds is 75. The van der Waals surface area contributed by atoms with E-state index < -0.39 is 26.5 Å². The third-order valence-corrected chi connectivity index (χ3v) is 19.0. The van der Waals surface area contributed by atoms with Gasteiger partial charge in [-0.1, -0.05) is 364 Å². The van der Waals surface area contributed by atoms with Gasteiger partial charge < -0.3 is 27.9 Å². The zero-order valence-electron chi connectivity index (χ0n) is 61.8. The van der Waals surface area contributed by atoms with Gasteiger partial charge in [-0.25, -0.2) is 0 Å². The van der Waals surface area contributed by atoms with Gasteiger partial charge in [-0.3, -0.25) is 14.2 Å². The number of nitrogens with zero attached hydrogens (tertiary/aromatic N) is 1. The lowest BCUT2D eigenvalue weighted by Crippen LogP contribution is -2.37. The summed E-state index contributed by atoms with van der Waals surface area (Å²) in [7, 11) is 1.18. The first-order valence-corrected chi connectivity index (χ1v) is 41.5. The van der Waals surface area contributed by atoms with Gasteiger partial charge >= 0.3 is 11.9 Å². The summed E-state index contributed by atoms with van der Waals surface area (Å²) in [5, 5.41) is 0. The molecule has 0 bridgehead atoms. The van der Waals surface area contributed by atoms with E-state index in [4.69, 9.17) is 18.5 Å². The van der Waals surface area contributed by atoms with Crippen LogP contribution in [-0.4, -0.2) is 70.0 Å². The summed E-state index contributed by atoms with van der Waals surface area (Å²) in [6.07, 6.45) is 97.7. The number of likely N-dealkylation sites (N-methyl/N-ethyl adjacent to an activating group) is 1. The normalized spacial score (nSPS) is 13.3. The molecule has 0 saturated heterocycles. The molecule has 10 heteroatoms. The van der Waals surface area contributed by atoms with Gasteiger partial charge in [-0.05, 0) is 83.5 Å². The molecule has 0 aliphatic rings. The molecule has 2 atom stereocenters. The molecule has 0 spiro atoms. The first-order valence-electron chi connectivity index (χ1n) is 40.0. The standard InChI is InChI=1S/C82H154NO8P/c1-6-8-10-12-14-16-18-20-22-24-26-28-30-32-34-36-37-38-39-40-41-42-43-44-45-47-48-50-52-54-56-58-60-62-64-66-68-70-72-74-81(84)88-78-80(79-90-92(86,87)89-77-76-83(3,4)5)91-82(85)75-73-71-69-67-65-63-61-59-57-55-53-51-49-46-35-33-31-29-27-25-23-21-19-17-15-13-11-9-7-2/h18-21,24-27,31,33,80H,6-17,22-23,28-30,32,34-79H2,1-5H3/b20-18-,21-19-,26-24-,27-25-,33-31-. The van der Waals surface area contributed by atoms with Crippen LogP contribution < -0.4 is 4.89 Å². The molecule has 0 aromatic carbocycles. The number of unbranched alkanes of at least 4 members (excludes halogenated alkanes) is 51. The number of ether oxygens (including phenoxy) is 2. The highest BCUT2D eigenvalue weighted by atomic mass is 31.2. The monoisotopic (exact) mass is 1310 g/mol. The number of carbonyl (C=O) groups is 2. The van der Waals surface area contributed by atoms with Gasteiger partial charge in [0.25, 0.3) is 7.82 Å². The Morgan fingerprint density at radius 2 is 0.587 bits per heavy atom. The van der Waals surface area contributed by atoms with Crippen molar-refractivity contribution in [3.8, 4) is 0 Å². The number of quaternary nitrogens is 1. The molecule has 0 aromatic rings. The predicted molar refractivity (Wildman–Crippen MR) is 397 cm³/mol. The van der Waals surface area contributed by atoms with Crippen LogP contribution in [0.1, 0.15) is 399 Å². The summed E-state index contributed by atoms with van der Waals surface area (Å²) in [5.41, 5.74) is 0. The summed E-state index contributed by atoms with van der Waals surface area (Å²) < 4.78 is 34.4. The Labute approximate surface area is 572 Å². The number of hydrogen-bond acceptors (Lipinski definition) is 8. The molecular formula is C82H154NO8P. The van der Waals surface area contributed by atoms with Crippen LogP contribution in [0.4, 0.5) is 0 Å². The first-order chi connectivity index (χ1) is 45.0. The molecule has 0 N–H and O–H groups in total. The molecule has 0 radical (unpaired) electrons. The van der Waals surface area contributed by atoms with E-state index in [9.17, 15) is 19.0 Å². The lowest BCUT2D eigenvalue weighted by Gasteiger charge is -2.28. The van der Waals surface area contributed by atoms with Crippen molar-refractivity contribution >= 4 is 19.8 Å². The minimum Gasteiger partial charge on any atom is -0.756 e. The molecule has 0 fully saturated rings. The minimum atomic E-state index is -4.64. The fourth-order valence-electron chi connectivity index (χ4n) is 11.9. The number of esters is 2. The van der Waals surface area contributed by atoms with Gasteiger partial charge in [0.05, 0.1) is 27.7 Å². The Hall–Kier alpha value is -2.29. The molecule has 92 heavy (non-hydrogen) atoms. The second-order valence-electron chi connectivity index (χ2n) is 28.4. The Morgan fingerprint density at radius 3 is 0.870 bits per heavy atom. The first kappa shape index (κ1) is 89.7. The smallest absolute Gasteiger partial charge is 0.306 e. The molecule has 0 rings (SSSR count). The van der Waals surface area contributed by atoms with Crippen molar-refractivity contribution in [2.75, 3.05) is 47.5 Å². The largest absolute Gasteiger partial charge is 0.756 e. The highest BCUT2D eigenvalue weighted by Gasteiger charge is 2.22. The fraction of sp³-hybridized carbons (Fsp3) is 0.854. The Morgan fingerprint density at radius 1 is 0.337 bits per heavy atom. The summed E-state index contributed by atoms with van der Waals surface area (Å²) >= 11 is 0. The van der Waals surface area contributed by atoms with E-state index in [1.807, 2.05) is 21.1 Å². The van der Waals surface area contributed by atoms with Gasteiger partial charge in [0.2, 0.25) is 0 Å². The van der Waals surface area contributed by atoms with Crippen LogP contribution in [-0.2, 0) is 32.7 Å². The van der Waals surface area contributed by atoms with E-state index in [1.54, 1.807) is 0 Å². The highest BCUT2D eigenvalue weighted by molar-refractivity contribution is 7.45. The molecule has 0 saturated carbocycles. The molecule has 0 aliphatic carbocycles. The lowest BCUT2D eigenvalue weighted by atomic mass is 10.0.